The van der Waals surface area contributed by atoms with E-state index in [1.807, 2.05) is 62.4 Å². The lowest BCUT2D eigenvalue weighted by atomic mass is 10.1. The summed E-state index contributed by atoms with van der Waals surface area (Å²) in [6.07, 6.45) is 3.03. The molecule has 1 aromatic heterocycles. The van der Waals surface area contributed by atoms with Crippen molar-refractivity contribution in [2.45, 2.75) is 20.4 Å². The second-order valence-electron chi connectivity index (χ2n) is 5.95. The van der Waals surface area contributed by atoms with Crippen LogP contribution < -0.4 is 10.6 Å². The lowest BCUT2D eigenvalue weighted by Crippen LogP contribution is -2.24. The third kappa shape index (κ3) is 4.64. The number of nitrogens with one attached hydrogen (secondary N) is 2. The van der Waals surface area contributed by atoms with E-state index in [1.54, 1.807) is 6.20 Å². The summed E-state index contributed by atoms with van der Waals surface area (Å²) in [6.45, 7) is 4.52. The summed E-state index contributed by atoms with van der Waals surface area (Å²) in [4.78, 5) is 20.6. The van der Waals surface area contributed by atoms with Gasteiger partial charge in [0.25, 0.3) is 5.91 Å². The van der Waals surface area contributed by atoms with E-state index >= 15 is 0 Å². The lowest BCUT2D eigenvalue weighted by Gasteiger charge is -2.07. The van der Waals surface area contributed by atoms with Crippen molar-refractivity contribution in [3.63, 3.8) is 0 Å². The quantitative estimate of drug-likeness (QED) is 0.746. The smallest absolute Gasteiger partial charge is 0.271 e. The van der Waals surface area contributed by atoms with Gasteiger partial charge in [-0.05, 0) is 37.1 Å². The van der Waals surface area contributed by atoms with Gasteiger partial charge in [-0.15, -0.1) is 0 Å². The van der Waals surface area contributed by atoms with Crippen LogP contribution >= 0.6 is 0 Å². The molecule has 0 aliphatic rings. The summed E-state index contributed by atoms with van der Waals surface area (Å²) in [5.41, 5.74) is 4.63. The van der Waals surface area contributed by atoms with Crippen LogP contribution in [0.25, 0.3) is 0 Å². The first kappa shape index (κ1) is 16.6. The van der Waals surface area contributed by atoms with Crippen molar-refractivity contribution in [2.24, 2.45) is 0 Å². The molecule has 126 valence electrons. The van der Waals surface area contributed by atoms with Crippen LogP contribution in [0.15, 0.2) is 60.9 Å². The predicted octanol–water partition coefficient (Wildman–Crippen LogP) is 3.77. The van der Waals surface area contributed by atoms with E-state index in [-0.39, 0.29) is 5.91 Å². The van der Waals surface area contributed by atoms with Crippen LogP contribution in [0.1, 0.15) is 27.2 Å². The topological polar surface area (TPSA) is 66.9 Å². The van der Waals surface area contributed by atoms with Crippen molar-refractivity contribution in [1.29, 1.82) is 0 Å². The molecule has 5 heteroatoms. The Morgan fingerprint density at radius 1 is 0.960 bits per heavy atom. The molecule has 0 atom stereocenters. The summed E-state index contributed by atoms with van der Waals surface area (Å²) in [5.74, 6) is 0.357. The van der Waals surface area contributed by atoms with Gasteiger partial charge in [0.2, 0.25) is 0 Å². The molecular weight excluding hydrogens is 312 g/mol. The molecule has 0 fully saturated rings. The number of anilines is 2. The van der Waals surface area contributed by atoms with E-state index < -0.39 is 0 Å². The number of rotatable bonds is 5. The molecule has 2 aromatic carbocycles. The third-order valence-electron chi connectivity index (χ3n) is 3.75. The fourth-order valence-electron chi connectivity index (χ4n) is 2.36. The van der Waals surface area contributed by atoms with Crippen molar-refractivity contribution in [2.75, 3.05) is 5.32 Å². The highest BCUT2D eigenvalue weighted by atomic mass is 16.1. The Labute approximate surface area is 147 Å². The number of carbonyl (C=O) groups is 1. The van der Waals surface area contributed by atoms with Gasteiger partial charge in [-0.3, -0.25) is 4.79 Å². The monoisotopic (exact) mass is 332 g/mol. The van der Waals surface area contributed by atoms with Crippen LogP contribution in [0, 0.1) is 13.8 Å². The van der Waals surface area contributed by atoms with Gasteiger partial charge >= 0.3 is 0 Å². The molecule has 0 saturated heterocycles. The Morgan fingerprint density at radius 2 is 1.76 bits per heavy atom. The van der Waals surface area contributed by atoms with Gasteiger partial charge in [-0.2, -0.15) is 0 Å². The number of nitrogens with zero attached hydrogens (tertiary/aromatic N) is 2. The molecule has 0 bridgehead atoms. The first-order chi connectivity index (χ1) is 12.1. The fourth-order valence-corrected chi connectivity index (χ4v) is 2.36. The van der Waals surface area contributed by atoms with Crippen LogP contribution in [-0.2, 0) is 6.54 Å². The summed E-state index contributed by atoms with van der Waals surface area (Å²) >= 11 is 0. The molecule has 3 aromatic rings. The maximum Gasteiger partial charge on any atom is 0.271 e. The standard InChI is InChI=1S/C20H20N4O/c1-14-6-8-16(9-7-14)11-23-20(25)18-12-22-19(13-21-18)24-17-5-3-4-15(2)10-17/h3-10,12-13H,11H2,1-2H3,(H,22,24)(H,23,25). The first-order valence-electron chi connectivity index (χ1n) is 8.09. The zero-order chi connectivity index (χ0) is 17.6. The van der Waals surface area contributed by atoms with Gasteiger partial charge in [0.1, 0.15) is 11.5 Å². The van der Waals surface area contributed by atoms with E-state index in [9.17, 15) is 4.79 Å². The summed E-state index contributed by atoms with van der Waals surface area (Å²) < 4.78 is 0. The molecule has 2 N–H and O–H groups in total. The maximum atomic E-state index is 12.2. The van der Waals surface area contributed by atoms with Gasteiger partial charge in [0, 0.05) is 12.2 Å². The maximum absolute atomic E-state index is 12.2. The normalized spacial score (nSPS) is 10.3. The number of amides is 1. The van der Waals surface area contributed by atoms with E-state index in [2.05, 4.69) is 20.6 Å². The molecule has 25 heavy (non-hydrogen) atoms. The molecule has 0 spiro atoms. The number of carbonyl (C=O) groups excluding carboxylic acids is 1. The zero-order valence-corrected chi connectivity index (χ0v) is 14.3. The van der Waals surface area contributed by atoms with Crippen LogP contribution in [0.3, 0.4) is 0 Å². The molecule has 0 unspecified atom stereocenters. The molecule has 0 saturated carbocycles. The average molecular weight is 332 g/mol. The van der Waals surface area contributed by atoms with Gasteiger partial charge in [-0.1, -0.05) is 42.0 Å². The second-order valence-corrected chi connectivity index (χ2v) is 5.95. The number of benzene rings is 2. The van der Waals surface area contributed by atoms with Crippen LogP contribution in [0.4, 0.5) is 11.5 Å². The van der Waals surface area contributed by atoms with Gasteiger partial charge in [0.05, 0.1) is 12.4 Å². The highest BCUT2D eigenvalue weighted by Crippen LogP contribution is 2.14. The SMILES string of the molecule is Cc1ccc(CNC(=O)c2cnc(Nc3cccc(C)c3)cn2)cc1. The van der Waals surface area contributed by atoms with Crippen molar-refractivity contribution < 1.29 is 4.79 Å². The number of hydrogen-bond acceptors (Lipinski definition) is 4. The van der Waals surface area contributed by atoms with E-state index in [4.69, 9.17) is 0 Å². The Morgan fingerprint density at radius 3 is 2.44 bits per heavy atom. The van der Waals surface area contributed by atoms with Crippen molar-refractivity contribution in [3.05, 3.63) is 83.3 Å². The molecule has 3 rings (SSSR count). The van der Waals surface area contributed by atoms with Crippen LogP contribution in [0.2, 0.25) is 0 Å². The van der Waals surface area contributed by atoms with Crippen LogP contribution in [-0.4, -0.2) is 15.9 Å². The molecule has 0 aliphatic carbocycles. The Balaban J connectivity index is 1.59. The van der Waals surface area contributed by atoms with Crippen molar-refractivity contribution in [1.82, 2.24) is 15.3 Å². The van der Waals surface area contributed by atoms with Gasteiger partial charge in [-0.25, -0.2) is 9.97 Å². The minimum absolute atomic E-state index is 0.241. The van der Waals surface area contributed by atoms with E-state index in [1.165, 1.54) is 11.8 Å². The average Bonchev–Trinajstić information content (AvgIpc) is 2.62. The number of aryl methyl sites for hydroxylation is 2. The second kappa shape index (κ2) is 7.57. The van der Waals surface area contributed by atoms with E-state index in [0.29, 0.717) is 18.1 Å². The fraction of sp³-hybridized carbons (Fsp3) is 0.150. The Bertz CT molecular complexity index is 858. The highest BCUT2D eigenvalue weighted by molar-refractivity contribution is 5.92. The number of hydrogen-bond donors (Lipinski definition) is 2. The summed E-state index contributed by atoms with van der Waals surface area (Å²) in [5, 5.41) is 6.02. The third-order valence-corrected chi connectivity index (χ3v) is 3.75. The lowest BCUT2D eigenvalue weighted by molar-refractivity contribution is 0.0945. The molecule has 1 amide bonds. The minimum Gasteiger partial charge on any atom is -0.347 e. The zero-order valence-electron chi connectivity index (χ0n) is 14.3. The highest BCUT2D eigenvalue weighted by Gasteiger charge is 2.08. The van der Waals surface area contributed by atoms with Crippen LogP contribution in [0.5, 0.6) is 0 Å². The predicted molar refractivity (Wildman–Crippen MR) is 98.8 cm³/mol. The molecule has 1 heterocycles. The summed E-state index contributed by atoms with van der Waals surface area (Å²) in [7, 11) is 0. The minimum atomic E-state index is -0.241. The molecule has 5 nitrogen and oxygen atoms in total. The van der Waals surface area contributed by atoms with E-state index in [0.717, 1.165) is 16.8 Å². The Hall–Kier alpha value is -3.21. The molecule has 0 radical (unpaired) electrons. The van der Waals surface area contributed by atoms with Gasteiger partial charge < -0.3 is 10.6 Å². The summed E-state index contributed by atoms with van der Waals surface area (Å²) in [6, 6.07) is 16.0. The molecular formula is C20H20N4O. The number of aromatic nitrogens is 2. The van der Waals surface area contributed by atoms with Gasteiger partial charge in [0.15, 0.2) is 0 Å². The van der Waals surface area contributed by atoms with Crippen molar-refractivity contribution in [3.8, 4) is 0 Å². The van der Waals surface area contributed by atoms with Crippen molar-refractivity contribution >= 4 is 17.4 Å². The Kier molecular flexibility index (Phi) is 5.04. The molecule has 0 aliphatic heterocycles. The largest absolute Gasteiger partial charge is 0.347 e. The first-order valence-corrected chi connectivity index (χ1v) is 8.09.